The van der Waals surface area contributed by atoms with E-state index in [0.29, 0.717) is 30.8 Å². The third-order valence-electron chi connectivity index (χ3n) is 2.93. The van der Waals surface area contributed by atoms with E-state index in [9.17, 15) is 9.59 Å². The highest BCUT2D eigenvalue weighted by Gasteiger charge is 2.16. The highest BCUT2D eigenvalue weighted by Crippen LogP contribution is 2.10. The normalized spacial score (nSPS) is 11.3. The van der Waals surface area contributed by atoms with E-state index in [1.807, 2.05) is 25.5 Å². The van der Waals surface area contributed by atoms with Gasteiger partial charge in [-0.15, -0.1) is 0 Å². The number of H-pyrrole nitrogens is 1. The lowest BCUT2D eigenvalue weighted by molar-refractivity contribution is 0.669. The molecule has 0 aliphatic heterocycles. The van der Waals surface area contributed by atoms with Gasteiger partial charge >= 0.3 is 5.69 Å². The molecule has 98 valence electrons. The molecule has 2 rings (SSSR count). The summed E-state index contributed by atoms with van der Waals surface area (Å²) < 4.78 is 3.30. The summed E-state index contributed by atoms with van der Waals surface area (Å²) in [7, 11) is 1.82. The molecule has 7 nitrogen and oxygen atoms in total. The molecule has 0 amide bonds. The van der Waals surface area contributed by atoms with Crippen molar-refractivity contribution >= 4 is 11.2 Å². The average Bonchev–Trinajstić information content (AvgIpc) is 2.68. The van der Waals surface area contributed by atoms with Crippen molar-refractivity contribution in [2.24, 2.45) is 0 Å². The first-order valence-corrected chi connectivity index (χ1v) is 6.00. The van der Waals surface area contributed by atoms with E-state index in [2.05, 4.69) is 15.3 Å². The Morgan fingerprint density at radius 3 is 2.44 bits per heavy atom. The fourth-order valence-corrected chi connectivity index (χ4v) is 2.14. The van der Waals surface area contributed by atoms with Gasteiger partial charge in [-0.05, 0) is 20.9 Å². The first-order valence-electron chi connectivity index (χ1n) is 6.00. The third kappa shape index (κ3) is 1.76. The topological polar surface area (TPSA) is 84.7 Å². The molecule has 0 radical (unpaired) electrons. The Balaban J connectivity index is 2.90. The number of hydrogen-bond donors (Lipinski definition) is 2. The van der Waals surface area contributed by atoms with Crippen molar-refractivity contribution in [2.75, 3.05) is 7.05 Å². The molecule has 0 bridgehead atoms. The van der Waals surface area contributed by atoms with Crippen LogP contribution in [0.5, 0.6) is 0 Å². The van der Waals surface area contributed by atoms with Gasteiger partial charge in [0.1, 0.15) is 5.82 Å². The number of aromatic amines is 1. The van der Waals surface area contributed by atoms with E-state index in [1.54, 1.807) is 0 Å². The Kier molecular flexibility index (Phi) is 3.33. The molecule has 18 heavy (non-hydrogen) atoms. The van der Waals surface area contributed by atoms with Crippen molar-refractivity contribution in [3.8, 4) is 0 Å². The van der Waals surface area contributed by atoms with Gasteiger partial charge in [-0.2, -0.15) is 0 Å². The van der Waals surface area contributed by atoms with Gasteiger partial charge in [-0.1, -0.05) is 0 Å². The van der Waals surface area contributed by atoms with Crippen molar-refractivity contribution in [2.45, 2.75) is 33.5 Å². The Labute approximate surface area is 103 Å². The van der Waals surface area contributed by atoms with Gasteiger partial charge in [-0.25, -0.2) is 9.78 Å². The summed E-state index contributed by atoms with van der Waals surface area (Å²) in [5.74, 6) is 0.758. The molecular weight excluding hydrogens is 234 g/mol. The molecule has 0 aromatic carbocycles. The largest absolute Gasteiger partial charge is 0.330 e. The van der Waals surface area contributed by atoms with Crippen LogP contribution < -0.4 is 16.6 Å². The Morgan fingerprint density at radius 2 is 1.89 bits per heavy atom. The zero-order valence-corrected chi connectivity index (χ0v) is 10.8. The first kappa shape index (κ1) is 12.6. The van der Waals surface area contributed by atoms with E-state index in [4.69, 9.17) is 0 Å². The lowest BCUT2D eigenvalue weighted by atomic mass is 10.5. The Morgan fingerprint density at radius 1 is 1.22 bits per heavy atom. The van der Waals surface area contributed by atoms with E-state index >= 15 is 0 Å². The number of fused-ring (bicyclic) bond motifs is 1. The molecule has 2 aromatic rings. The van der Waals surface area contributed by atoms with E-state index in [1.165, 1.54) is 4.57 Å². The summed E-state index contributed by atoms with van der Waals surface area (Å²) in [4.78, 5) is 30.4. The molecule has 7 heteroatoms. The van der Waals surface area contributed by atoms with Gasteiger partial charge in [0.05, 0.1) is 6.54 Å². The van der Waals surface area contributed by atoms with Crippen LogP contribution in [0.2, 0.25) is 0 Å². The summed E-state index contributed by atoms with van der Waals surface area (Å²) in [6.45, 7) is 5.47. The van der Waals surface area contributed by atoms with Gasteiger partial charge in [0.2, 0.25) is 0 Å². The molecule has 0 saturated heterocycles. The molecular formula is C11H17N5O2. The molecule has 2 heterocycles. The van der Waals surface area contributed by atoms with Crippen molar-refractivity contribution in [1.82, 2.24) is 24.4 Å². The summed E-state index contributed by atoms with van der Waals surface area (Å²) in [5.41, 5.74) is 0.130. The first-order chi connectivity index (χ1) is 8.63. The van der Waals surface area contributed by atoms with Crippen LogP contribution >= 0.6 is 0 Å². The molecule has 2 aromatic heterocycles. The van der Waals surface area contributed by atoms with Gasteiger partial charge in [0, 0.05) is 13.1 Å². The van der Waals surface area contributed by atoms with Crippen LogP contribution in [0.3, 0.4) is 0 Å². The number of rotatable bonds is 4. The SMILES string of the molecule is CCn1c(CNC)nc2c1c(=O)[nH]c(=O)n2CC. The lowest BCUT2D eigenvalue weighted by Crippen LogP contribution is -2.30. The summed E-state index contributed by atoms with van der Waals surface area (Å²) >= 11 is 0. The van der Waals surface area contributed by atoms with Crippen molar-refractivity contribution < 1.29 is 0 Å². The zero-order valence-electron chi connectivity index (χ0n) is 10.8. The average molecular weight is 251 g/mol. The van der Waals surface area contributed by atoms with Crippen molar-refractivity contribution in [1.29, 1.82) is 0 Å². The van der Waals surface area contributed by atoms with Gasteiger partial charge in [0.15, 0.2) is 11.2 Å². The quantitative estimate of drug-likeness (QED) is 0.777. The number of hydrogen-bond acceptors (Lipinski definition) is 4. The number of aromatic nitrogens is 4. The molecule has 0 unspecified atom stereocenters. The van der Waals surface area contributed by atoms with Crippen LogP contribution in [0.1, 0.15) is 19.7 Å². The molecule has 0 spiro atoms. The third-order valence-corrected chi connectivity index (χ3v) is 2.93. The minimum atomic E-state index is -0.410. The molecule has 0 aliphatic rings. The predicted molar refractivity (Wildman–Crippen MR) is 68.7 cm³/mol. The van der Waals surface area contributed by atoms with Crippen molar-refractivity contribution in [3.63, 3.8) is 0 Å². The molecule has 0 saturated carbocycles. The van der Waals surface area contributed by atoms with E-state index in [-0.39, 0.29) is 5.56 Å². The van der Waals surface area contributed by atoms with Gasteiger partial charge < -0.3 is 9.88 Å². The zero-order chi connectivity index (χ0) is 13.3. The maximum Gasteiger partial charge on any atom is 0.330 e. The van der Waals surface area contributed by atoms with Crippen molar-refractivity contribution in [3.05, 3.63) is 26.7 Å². The Bertz CT molecular complexity index is 679. The van der Waals surface area contributed by atoms with Gasteiger partial charge in [-0.3, -0.25) is 14.3 Å². The standard InChI is InChI=1S/C11H17N5O2/c1-4-15-7(6-12-3)13-9-8(15)10(17)14-11(18)16(9)5-2/h12H,4-6H2,1-3H3,(H,14,17,18). The number of nitrogens with one attached hydrogen (secondary N) is 2. The minimum absolute atomic E-state index is 0.378. The predicted octanol–water partition coefficient (Wildman–Crippen LogP) is -0.355. The second-order valence-corrected chi connectivity index (χ2v) is 3.98. The molecule has 2 N–H and O–H groups in total. The lowest BCUT2D eigenvalue weighted by Gasteiger charge is -2.04. The minimum Gasteiger partial charge on any atom is -0.321 e. The fourth-order valence-electron chi connectivity index (χ4n) is 2.14. The second-order valence-electron chi connectivity index (χ2n) is 3.98. The van der Waals surface area contributed by atoms with E-state index in [0.717, 1.165) is 5.82 Å². The number of nitrogens with zero attached hydrogens (tertiary/aromatic N) is 3. The summed E-state index contributed by atoms with van der Waals surface area (Å²) in [6, 6.07) is 0. The van der Waals surface area contributed by atoms with Crippen LogP contribution in [0.15, 0.2) is 9.59 Å². The summed E-state index contributed by atoms with van der Waals surface area (Å²) in [6.07, 6.45) is 0. The fraction of sp³-hybridized carbons (Fsp3) is 0.545. The number of imidazole rings is 1. The molecule has 0 fully saturated rings. The van der Waals surface area contributed by atoms with Crippen LogP contribution in [-0.2, 0) is 19.6 Å². The number of aryl methyl sites for hydroxylation is 2. The van der Waals surface area contributed by atoms with Crippen LogP contribution in [0.25, 0.3) is 11.2 Å². The van der Waals surface area contributed by atoms with Crippen LogP contribution in [-0.4, -0.2) is 26.1 Å². The molecule has 0 atom stereocenters. The van der Waals surface area contributed by atoms with Crippen LogP contribution in [0.4, 0.5) is 0 Å². The maximum atomic E-state index is 11.9. The Hall–Kier alpha value is -1.89. The highest BCUT2D eigenvalue weighted by molar-refractivity contribution is 5.70. The monoisotopic (exact) mass is 251 g/mol. The smallest absolute Gasteiger partial charge is 0.321 e. The van der Waals surface area contributed by atoms with Gasteiger partial charge in [0.25, 0.3) is 5.56 Å². The maximum absolute atomic E-state index is 11.9. The van der Waals surface area contributed by atoms with E-state index < -0.39 is 5.69 Å². The van der Waals surface area contributed by atoms with Crippen LogP contribution in [0, 0.1) is 0 Å². The summed E-state index contributed by atoms with van der Waals surface area (Å²) in [5, 5.41) is 3.01. The molecule has 0 aliphatic carbocycles. The second kappa shape index (κ2) is 4.77. The highest BCUT2D eigenvalue weighted by atomic mass is 16.2.